The molecule has 0 aliphatic heterocycles. The lowest BCUT2D eigenvalue weighted by molar-refractivity contribution is 0.417. The predicted octanol–water partition coefficient (Wildman–Crippen LogP) is 6.37. The van der Waals surface area contributed by atoms with Gasteiger partial charge in [-0.25, -0.2) is 13.1 Å². The number of nitrogens with one attached hydrogen (secondary N) is 2. The van der Waals surface area contributed by atoms with Crippen molar-refractivity contribution in [1.29, 1.82) is 0 Å². The van der Waals surface area contributed by atoms with E-state index in [4.69, 9.17) is 0 Å². The van der Waals surface area contributed by atoms with E-state index in [1.165, 1.54) is 5.56 Å². The van der Waals surface area contributed by atoms with Crippen molar-refractivity contribution in [3.63, 3.8) is 0 Å². The lowest BCUT2D eigenvalue weighted by atomic mass is 9.94. The Hall–Kier alpha value is -3.25. The normalized spacial score (nSPS) is 13.2. The fourth-order valence-corrected chi connectivity index (χ4v) is 5.62. The average Bonchev–Trinajstić information content (AvgIpc) is 2.91. The number of rotatable bonds is 12. The summed E-state index contributed by atoms with van der Waals surface area (Å²) in [6, 6.07) is 36.7. The van der Waals surface area contributed by atoms with Gasteiger partial charge in [-0.1, -0.05) is 109 Å². The predicted molar refractivity (Wildman–Crippen MR) is 147 cm³/mol. The molecule has 0 aliphatic carbocycles. The van der Waals surface area contributed by atoms with E-state index in [0.717, 1.165) is 42.5 Å². The SMILES string of the molecule is Cc1ccc(S(=O)(=O)N[C@@H](c2ccccc2)C(NCCCCc2ccccc2)c2ccccc2)cc1. The van der Waals surface area contributed by atoms with Crippen molar-refractivity contribution in [2.45, 2.75) is 43.2 Å². The maximum atomic E-state index is 13.5. The third-order valence-electron chi connectivity index (χ3n) is 6.36. The topological polar surface area (TPSA) is 58.2 Å². The summed E-state index contributed by atoms with van der Waals surface area (Å²) in [5.74, 6) is 0. The first kappa shape index (κ1) is 25.8. The van der Waals surface area contributed by atoms with E-state index in [1.807, 2.05) is 73.7 Å². The summed E-state index contributed by atoms with van der Waals surface area (Å²) in [4.78, 5) is 0.267. The third-order valence-corrected chi connectivity index (χ3v) is 7.82. The van der Waals surface area contributed by atoms with Crippen molar-refractivity contribution < 1.29 is 8.42 Å². The molecule has 0 radical (unpaired) electrons. The van der Waals surface area contributed by atoms with Crippen molar-refractivity contribution in [2.24, 2.45) is 0 Å². The van der Waals surface area contributed by atoms with Crippen molar-refractivity contribution in [2.75, 3.05) is 6.54 Å². The summed E-state index contributed by atoms with van der Waals surface area (Å²) in [7, 11) is -3.74. The highest BCUT2D eigenvalue weighted by Crippen LogP contribution is 2.31. The Bertz CT molecular complexity index is 1290. The van der Waals surface area contributed by atoms with Crippen LogP contribution in [0.15, 0.2) is 120 Å². The van der Waals surface area contributed by atoms with Crippen LogP contribution in [0.2, 0.25) is 0 Å². The van der Waals surface area contributed by atoms with E-state index >= 15 is 0 Å². The Balaban J connectivity index is 1.56. The molecule has 36 heavy (non-hydrogen) atoms. The fourth-order valence-electron chi connectivity index (χ4n) is 4.39. The van der Waals surface area contributed by atoms with Gasteiger partial charge in [0, 0.05) is 0 Å². The van der Waals surface area contributed by atoms with E-state index in [-0.39, 0.29) is 10.9 Å². The minimum Gasteiger partial charge on any atom is -0.308 e. The second-order valence-corrected chi connectivity index (χ2v) is 10.8. The maximum Gasteiger partial charge on any atom is 0.241 e. The number of benzene rings is 4. The number of unbranched alkanes of at least 4 members (excludes halogenated alkanes) is 1. The van der Waals surface area contributed by atoms with Crippen LogP contribution in [0, 0.1) is 6.92 Å². The molecule has 4 aromatic carbocycles. The van der Waals surface area contributed by atoms with Gasteiger partial charge in [0.2, 0.25) is 10.0 Å². The Morgan fingerprint density at radius 1 is 0.639 bits per heavy atom. The second kappa shape index (κ2) is 12.6. The minimum absolute atomic E-state index is 0.231. The van der Waals surface area contributed by atoms with Gasteiger partial charge in [-0.05, 0) is 61.6 Å². The van der Waals surface area contributed by atoms with Crippen molar-refractivity contribution >= 4 is 10.0 Å². The maximum absolute atomic E-state index is 13.5. The summed E-state index contributed by atoms with van der Waals surface area (Å²) in [6.45, 7) is 2.73. The quantitative estimate of drug-likeness (QED) is 0.223. The molecule has 2 N–H and O–H groups in total. The van der Waals surface area contributed by atoms with E-state index in [0.29, 0.717) is 0 Å². The molecule has 2 atom stereocenters. The zero-order valence-corrected chi connectivity index (χ0v) is 21.5. The van der Waals surface area contributed by atoms with Crippen LogP contribution in [0.1, 0.15) is 47.2 Å². The van der Waals surface area contributed by atoms with Crippen LogP contribution in [0.5, 0.6) is 0 Å². The molecule has 4 aromatic rings. The molecule has 4 nitrogen and oxygen atoms in total. The second-order valence-electron chi connectivity index (χ2n) is 9.11. The highest BCUT2D eigenvalue weighted by Gasteiger charge is 2.29. The largest absolute Gasteiger partial charge is 0.308 e. The molecule has 4 rings (SSSR count). The zero-order chi connectivity index (χ0) is 25.2. The first-order chi connectivity index (χ1) is 17.5. The molecule has 0 saturated heterocycles. The lowest BCUT2D eigenvalue weighted by Gasteiger charge is -2.30. The first-order valence-corrected chi connectivity index (χ1v) is 14.0. The molecule has 1 unspecified atom stereocenters. The molecule has 0 bridgehead atoms. The molecule has 186 valence electrons. The number of hydrogen-bond donors (Lipinski definition) is 2. The summed E-state index contributed by atoms with van der Waals surface area (Å²) in [6.07, 6.45) is 3.08. The van der Waals surface area contributed by atoms with Gasteiger partial charge in [0.15, 0.2) is 0 Å². The van der Waals surface area contributed by atoms with Gasteiger partial charge in [-0.3, -0.25) is 0 Å². The van der Waals surface area contributed by atoms with Gasteiger partial charge in [0.1, 0.15) is 0 Å². The third kappa shape index (κ3) is 7.14. The van der Waals surface area contributed by atoms with Crippen LogP contribution in [-0.4, -0.2) is 15.0 Å². The number of hydrogen-bond acceptors (Lipinski definition) is 3. The molecule has 0 aliphatic rings. The van der Waals surface area contributed by atoms with E-state index in [1.54, 1.807) is 12.1 Å². The van der Waals surface area contributed by atoms with Crippen molar-refractivity contribution in [3.8, 4) is 0 Å². The summed E-state index contributed by atoms with van der Waals surface area (Å²) >= 11 is 0. The smallest absolute Gasteiger partial charge is 0.241 e. The Labute approximate surface area is 215 Å². The molecule has 0 amide bonds. The number of aryl methyl sites for hydroxylation is 2. The summed E-state index contributed by atoms with van der Waals surface area (Å²) in [5.41, 5.74) is 4.32. The number of sulfonamides is 1. The molecule has 5 heteroatoms. The van der Waals surface area contributed by atoms with Gasteiger partial charge in [-0.2, -0.15) is 0 Å². The zero-order valence-electron chi connectivity index (χ0n) is 20.7. The molecule has 0 heterocycles. The van der Waals surface area contributed by atoms with Crippen LogP contribution >= 0.6 is 0 Å². The van der Waals surface area contributed by atoms with Gasteiger partial charge in [0.25, 0.3) is 0 Å². The highest BCUT2D eigenvalue weighted by molar-refractivity contribution is 7.89. The van der Waals surface area contributed by atoms with Gasteiger partial charge >= 0.3 is 0 Å². The molecular weight excluding hydrogens is 464 g/mol. The van der Waals surface area contributed by atoms with E-state index in [2.05, 4.69) is 46.4 Å². The summed E-state index contributed by atoms with van der Waals surface area (Å²) < 4.78 is 29.9. The highest BCUT2D eigenvalue weighted by atomic mass is 32.2. The Kier molecular flexibility index (Phi) is 9.06. The van der Waals surface area contributed by atoms with Gasteiger partial charge in [-0.15, -0.1) is 0 Å². The van der Waals surface area contributed by atoms with Gasteiger partial charge in [0.05, 0.1) is 17.0 Å². The molecule has 0 aromatic heterocycles. The lowest BCUT2D eigenvalue weighted by Crippen LogP contribution is -2.39. The van der Waals surface area contributed by atoms with Crippen molar-refractivity contribution in [3.05, 3.63) is 138 Å². The monoisotopic (exact) mass is 498 g/mol. The van der Waals surface area contributed by atoms with Crippen LogP contribution in [0.25, 0.3) is 0 Å². The van der Waals surface area contributed by atoms with Crippen LogP contribution in [0.3, 0.4) is 0 Å². The molecule has 0 spiro atoms. The molecule has 0 saturated carbocycles. The average molecular weight is 499 g/mol. The standard InChI is InChI=1S/C31H34N2O2S/c1-25-20-22-29(23-21-25)36(34,35)33-31(28-18-9-4-10-19-28)30(27-16-7-3-8-17-27)32-24-12-11-15-26-13-5-2-6-14-26/h2-10,13-14,16-23,30-33H,11-12,15,24H2,1H3/t30?,31-/m0/s1. The first-order valence-electron chi connectivity index (χ1n) is 12.5. The minimum atomic E-state index is -3.74. The van der Waals surface area contributed by atoms with Gasteiger partial charge < -0.3 is 5.32 Å². The summed E-state index contributed by atoms with van der Waals surface area (Å²) in [5, 5.41) is 3.68. The van der Waals surface area contributed by atoms with E-state index < -0.39 is 16.1 Å². The Morgan fingerprint density at radius 3 is 1.75 bits per heavy atom. The van der Waals surface area contributed by atoms with Crippen LogP contribution < -0.4 is 10.0 Å². The molecule has 0 fully saturated rings. The van der Waals surface area contributed by atoms with Crippen LogP contribution in [0.4, 0.5) is 0 Å². The molecular formula is C31H34N2O2S. The fraction of sp³-hybridized carbons (Fsp3) is 0.226. The van der Waals surface area contributed by atoms with E-state index in [9.17, 15) is 8.42 Å². The van der Waals surface area contributed by atoms with Crippen LogP contribution in [-0.2, 0) is 16.4 Å². The Morgan fingerprint density at radius 2 is 1.17 bits per heavy atom. The van der Waals surface area contributed by atoms with Crippen molar-refractivity contribution in [1.82, 2.24) is 10.0 Å².